The van der Waals surface area contributed by atoms with Crippen LogP contribution in [0.1, 0.15) is 68.8 Å². The van der Waals surface area contributed by atoms with Crippen LogP contribution in [0.3, 0.4) is 0 Å². The van der Waals surface area contributed by atoms with E-state index in [9.17, 15) is 0 Å². The lowest BCUT2D eigenvalue weighted by Crippen LogP contribution is -2.42. The van der Waals surface area contributed by atoms with Gasteiger partial charge >= 0.3 is 0 Å². The SMILES string of the molecule is CCCCCCC(c1[nH]cc[n+]1-c1ccccc1)C(C)(Cc1ccccc1)c1ccccc1. The van der Waals surface area contributed by atoms with Gasteiger partial charge in [-0.05, 0) is 36.1 Å². The molecule has 33 heavy (non-hydrogen) atoms. The Bertz CT molecular complexity index is 1090. The maximum atomic E-state index is 3.67. The lowest BCUT2D eigenvalue weighted by atomic mass is 9.66. The largest absolute Gasteiger partial charge is 0.263 e. The first-order valence-electron chi connectivity index (χ1n) is 12.5. The molecule has 4 aromatic rings. The summed E-state index contributed by atoms with van der Waals surface area (Å²) >= 11 is 0. The fraction of sp³-hybridized carbons (Fsp3) is 0.323. The molecule has 0 bridgehead atoms. The first-order valence-corrected chi connectivity index (χ1v) is 12.5. The van der Waals surface area contributed by atoms with Crippen LogP contribution in [0, 0.1) is 0 Å². The van der Waals surface area contributed by atoms with E-state index in [1.54, 1.807) is 0 Å². The molecule has 3 aromatic carbocycles. The average Bonchev–Trinajstić information content (AvgIpc) is 3.35. The topological polar surface area (TPSA) is 19.7 Å². The second-order valence-corrected chi connectivity index (χ2v) is 9.40. The monoisotopic (exact) mass is 437 g/mol. The molecule has 170 valence electrons. The Balaban J connectivity index is 1.80. The molecule has 0 amide bonds. The van der Waals surface area contributed by atoms with E-state index >= 15 is 0 Å². The minimum absolute atomic E-state index is 0.0454. The van der Waals surface area contributed by atoms with Gasteiger partial charge in [0.1, 0.15) is 18.1 Å². The number of rotatable bonds is 11. The molecule has 0 radical (unpaired) electrons. The van der Waals surface area contributed by atoms with E-state index in [0.717, 1.165) is 12.8 Å². The second-order valence-electron chi connectivity index (χ2n) is 9.40. The Morgan fingerprint density at radius 1 is 0.788 bits per heavy atom. The number of hydrogen-bond acceptors (Lipinski definition) is 0. The lowest BCUT2D eigenvalue weighted by Gasteiger charge is -2.37. The molecule has 0 spiro atoms. The predicted octanol–water partition coefficient (Wildman–Crippen LogP) is 7.55. The number of benzene rings is 3. The molecule has 2 heteroatoms. The first-order chi connectivity index (χ1) is 16.2. The van der Waals surface area contributed by atoms with E-state index in [0.29, 0.717) is 5.92 Å². The Kier molecular flexibility index (Phi) is 7.78. The summed E-state index contributed by atoms with van der Waals surface area (Å²) in [5.41, 5.74) is 3.96. The van der Waals surface area contributed by atoms with Crippen molar-refractivity contribution in [1.29, 1.82) is 0 Å². The van der Waals surface area contributed by atoms with Crippen molar-refractivity contribution >= 4 is 0 Å². The third kappa shape index (κ3) is 5.45. The minimum atomic E-state index is -0.0454. The van der Waals surface area contributed by atoms with E-state index < -0.39 is 0 Å². The quantitative estimate of drug-likeness (QED) is 0.185. The summed E-state index contributed by atoms with van der Waals surface area (Å²) in [6, 6.07) is 32.8. The summed E-state index contributed by atoms with van der Waals surface area (Å²) in [4.78, 5) is 3.67. The van der Waals surface area contributed by atoms with E-state index in [4.69, 9.17) is 0 Å². The molecule has 2 atom stereocenters. The van der Waals surface area contributed by atoms with Crippen LogP contribution in [-0.4, -0.2) is 4.98 Å². The van der Waals surface area contributed by atoms with Gasteiger partial charge in [-0.1, -0.05) is 118 Å². The highest BCUT2D eigenvalue weighted by Gasteiger charge is 2.42. The molecule has 2 nitrogen and oxygen atoms in total. The number of aromatic amines is 1. The fourth-order valence-electron chi connectivity index (χ4n) is 5.23. The molecule has 0 fully saturated rings. The number of para-hydroxylation sites is 1. The van der Waals surface area contributed by atoms with Gasteiger partial charge in [0.2, 0.25) is 0 Å². The van der Waals surface area contributed by atoms with E-state index in [1.165, 1.54) is 48.3 Å². The van der Waals surface area contributed by atoms with Crippen molar-refractivity contribution in [3.8, 4) is 5.69 Å². The van der Waals surface area contributed by atoms with Crippen LogP contribution in [0.15, 0.2) is 103 Å². The van der Waals surface area contributed by atoms with E-state index in [1.807, 2.05) is 0 Å². The van der Waals surface area contributed by atoms with Gasteiger partial charge in [0.05, 0.1) is 5.92 Å². The molecule has 2 unspecified atom stereocenters. The number of unbranched alkanes of at least 4 members (excludes halogenated alkanes) is 3. The molecule has 1 aromatic heterocycles. The highest BCUT2D eigenvalue weighted by Crippen LogP contribution is 2.43. The summed E-state index contributed by atoms with van der Waals surface area (Å²) < 4.78 is 2.36. The summed E-state index contributed by atoms with van der Waals surface area (Å²) in [5, 5.41) is 0. The van der Waals surface area contributed by atoms with Crippen LogP contribution in [0.2, 0.25) is 0 Å². The Morgan fingerprint density at radius 2 is 1.42 bits per heavy atom. The summed E-state index contributed by atoms with van der Waals surface area (Å²) in [6.07, 6.45) is 11.5. The van der Waals surface area contributed by atoms with Crippen LogP contribution < -0.4 is 4.57 Å². The van der Waals surface area contributed by atoms with Crippen molar-refractivity contribution in [3.05, 3.63) is 120 Å². The number of nitrogens with zero attached hydrogens (tertiary/aromatic N) is 1. The molecule has 4 rings (SSSR count). The zero-order valence-corrected chi connectivity index (χ0v) is 20.1. The number of H-pyrrole nitrogens is 1. The second kappa shape index (κ2) is 11.1. The van der Waals surface area contributed by atoms with Crippen LogP contribution in [-0.2, 0) is 11.8 Å². The average molecular weight is 438 g/mol. The fourth-order valence-corrected chi connectivity index (χ4v) is 5.23. The van der Waals surface area contributed by atoms with Crippen molar-refractivity contribution in [2.45, 2.75) is 63.7 Å². The summed E-state index contributed by atoms with van der Waals surface area (Å²) in [6.45, 7) is 4.76. The van der Waals surface area contributed by atoms with Crippen LogP contribution >= 0.6 is 0 Å². The highest BCUT2D eigenvalue weighted by molar-refractivity contribution is 5.33. The Labute approximate surface area is 199 Å². The normalized spacial score (nSPS) is 14.0. The van der Waals surface area contributed by atoms with Crippen molar-refractivity contribution in [2.24, 2.45) is 0 Å². The molecule has 0 aliphatic rings. The smallest absolute Gasteiger partial charge is 0.247 e. The molecule has 0 saturated heterocycles. The van der Waals surface area contributed by atoms with Crippen molar-refractivity contribution in [3.63, 3.8) is 0 Å². The number of nitrogens with one attached hydrogen (secondary N) is 1. The van der Waals surface area contributed by atoms with Crippen molar-refractivity contribution in [1.82, 2.24) is 4.98 Å². The standard InChI is InChI=1S/C31H36N2/c1-3-4-5-15-22-29(30-32-23-24-33(30)28-20-13-8-14-21-28)31(2,27-18-11-7-12-19-27)25-26-16-9-6-10-17-26/h6-14,16-21,23-24,29H,3-5,15,22,25H2,1-2H3/p+1. The minimum Gasteiger partial charge on any atom is -0.247 e. The molecule has 0 aliphatic heterocycles. The number of aromatic nitrogens is 2. The van der Waals surface area contributed by atoms with Crippen LogP contribution in [0.25, 0.3) is 5.69 Å². The predicted molar refractivity (Wildman–Crippen MR) is 138 cm³/mol. The Morgan fingerprint density at radius 3 is 2.09 bits per heavy atom. The zero-order chi connectivity index (χ0) is 22.9. The van der Waals surface area contributed by atoms with Gasteiger partial charge in [-0.2, -0.15) is 4.57 Å². The van der Waals surface area contributed by atoms with Crippen molar-refractivity contribution < 1.29 is 4.57 Å². The molecular weight excluding hydrogens is 400 g/mol. The summed E-state index contributed by atoms with van der Waals surface area (Å²) in [7, 11) is 0. The molecule has 0 aliphatic carbocycles. The van der Waals surface area contributed by atoms with Gasteiger partial charge in [-0.3, -0.25) is 0 Å². The molecule has 1 heterocycles. The van der Waals surface area contributed by atoms with Crippen LogP contribution in [0.4, 0.5) is 0 Å². The van der Waals surface area contributed by atoms with E-state index in [-0.39, 0.29) is 5.41 Å². The Hall–Kier alpha value is -3.13. The van der Waals surface area contributed by atoms with Gasteiger partial charge in [-0.25, -0.2) is 4.98 Å². The molecule has 0 saturated carbocycles. The van der Waals surface area contributed by atoms with Gasteiger partial charge in [0, 0.05) is 5.41 Å². The van der Waals surface area contributed by atoms with Crippen LogP contribution in [0.5, 0.6) is 0 Å². The maximum absolute atomic E-state index is 3.67. The van der Waals surface area contributed by atoms with Gasteiger partial charge < -0.3 is 0 Å². The van der Waals surface area contributed by atoms with Gasteiger partial charge in [-0.15, -0.1) is 0 Å². The molecular formula is C31H37N2+. The number of hydrogen-bond donors (Lipinski definition) is 1. The highest BCUT2D eigenvalue weighted by atomic mass is 15.1. The van der Waals surface area contributed by atoms with E-state index in [2.05, 4.69) is 127 Å². The first kappa shape index (κ1) is 23.0. The van der Waals surface area contributed by atoms with Gasteiger partial charge in [0.15, 0.2) is 0 Å². The van der Waals surface area contributed by atoms with Crippen molar-refractivity contribution in [2.75, 3.05) is 0 Å². The lowest BCUT2D eigenvalue weighted by molar-refractivity contribution is -0.605. The summed E-state index contributed by atoms with van der Waals surface area (Å²) in [5.74, 6) is 1.65. The molecule has 1 N–H and O–H groups in total. The third-order valence-electron chi connectivity index (χ3n) is 7.04. The maximum Gasteiger partial charge on any atom is 0.263 e. The zero-order valence-electron chi connectivity index (χ0n) is 20.1. The van der Waals surface area contributed by atoms with Gasteiger partial charge in [0.25, 0.3) is 5.82 Å². The third-order valence-corrected chi connectivity index (χ3v) is 7.04. The number of imidazole rings is 1.